The van der Waals surface area contributed by atoms with Gasteiger partial charge in [0, 0.05) is 30.6 Å². The van der Waals surface area contributed by atoms with E-state index in [2.05, 4.69) is 15.5 Å². The summed E-state index contributed by atoms with van der Waals surface area (Å²) in [5.74, 6) is 0.247. The van der Waals surface area contributed by atoms with E-state index in [0.29, 0.717) is 13.0 Å². The lowest BCUT2D eigenvalue weighted by molar-refractivity contribution is 0.316. The van der Waals surface area contributed by atoms with Gasteiger partial charge in [-0.15, -0.1) is 11.3 Å². The number of nitrogens with zero attached hydrogens (tertiary/aromatic N) is 2. The van der Waals surface area contributed by atoms with Crippen molar-refractivity contribution in [1.29, 1.82) is 0 Å². The lowest BCUT2D eigenvalue weighted by Crippen LogP contribution is -2.21. The topological polar surface area (TPSA) is 83.5 Å². The molecule has 13 heavy (non-hydrogen) atoms. The Morgan fingerprint density at radius 3 is 3.23 bits per heavy atom. The van der Waals surface area contributed by atoms with E-state index in [1.807, 2.05) is 6.20 Å². The lowest BCUT2D eigenvalue weighted by Gasteiger charge is -2.00. The molecule has 1 rings (SSSR count). The van der Waals surface area contributed by atoms with Gasteiger partial charge in [0.2, 0.25) is 0 Å². The van der Waals surface area contributed by atoms with Crippen molar-refractivity contribution in [2.24, 2.45) is 10.9 Å². The first-order chi connectivity index (χ1) is 6.33. The van der Waals surface area contributed by atoms with Gasteiger partial charge in [0.05, 0.1) is 5.51 Å². The van der Waals surface area contributed by atoms with E-state index in [1.54, 1.807) is 16.8 Å². The Morgan fingerprint density at radius 1 is 1.77 bits per heavy atom. The normalized spacial score (nSPS) is 11.8. The first-order valence-electron chi connectivity index (χ1n) is 3.87. The van der Waals surface area contributed by atoms with Gasteiger partial charge >= 0.3 is 0 Å². The van der Waals surface area contributed by atoms with Gasteiger partial charge in [-0.3, -0.25) is 4.98 Å². The van der Waals surface area contributed by atoms with Crippen LogP contribution in [0.4, 0.5) is 0 Å². The van der Waals surface area contributed by atoms with Gasteiger partial charge in [-0.1, -0.05) is 5.16 Å². The summed E-state index contributed by atoms with van der Waals surface area (Å²) in [6, 6.07) is 0. The smallest absolute Gasteiger partial charge is 0.140 e. The molecule has 72 valence electrons. The zero-order chi connectivity index (χ0) is 9.52. The van der Waals surface area contributed by atoms with Crippen LogP contribution in [0.3, 0.4) is 0 Å². The molecule has 6 heteroatoms. The minimum atomic E-state index is 0.247. The van der Waals surface area contributed by atoms with Crippen molar-refractivity contribution >= 4 is 17.2 Å². The zero-order valence-electron chi connectivity index (χ0n) is 7.10. The molecule has 0 aliphatic heterocycles. The van der Waals surface area contributed by atoms with Crippen LogP contribution in [0.1, 0.15) is 11.3 Å². The molecule has 1 aromatic heterocycles. The Bertz CT molecular complexity index is 259. The molecule has 0 aliphatic carbocycles. The monoisotopic (exact) mass is 200 g/mol. The summed E-state index contributed by atoms with van der Waals surface area (Å²) < 4.78 is 0. The Balaban J connectivity index is 2.08. The van der Waals surface area contributed by atoms with Crippen LogP contribution in [0.5, 0.6) is 0 Å². The third-order valence-corrected chi connectivity index (χ3v) is 2.25. The van der Waals surface area contributed by atoms with E-state index in [-0.39, 0.29) is 5.84 Å². The molecular formula is C7H12N4OS. The predicted molar refractivity (Wildman–Crippen MR) is 51.8 cm³/mol. The molecule has 0 aliphatic rings. The quantitative estimate of drug-likeness (QED) is 0.211. The van der Waals surface area contributed by atoms with E-state index in [9.17, 15) is 0 Å². The summed E-state index contributed by atoms with van der Waals surface area (Å²) >= 11 is 1.60. The molecule has 0 radical (unpaired) electrons. The highest BCUT2D eigenvalue weighted by molar-refractivity contribution is 7.09. The number of nitrogens with one attached hydrogen (secondary N) is 1. The van der Waals surface area contributed by atoms with Gasteiger partial charge < -0.3 is 16.3 Å². The standard InChI is InChI=1S/C7H12N4OS/c8-7(11-12)1-2-9-3-6-4-10-5-13-6/h4-5,9,12H,1-3H2,(H2,8,11). The van der Waals surface area contributed by atoms with Crippen LogP contribution < -0.4 is 11.1 Å². The van der Waals surface area contributed by atoms with Crippen LogP contribution in [0.15, 0.2) is 16.9 Å². The van der Waals surface area contributed by atoms with Gasteiger partial charge in [0.15, 0.2) is 0 Å². The van der Waals surface area contributed by atoms with Crippen molar-refractivity contribution in [3.05, 3.63) is 16.6 Å². The van der Waals surface area contributed by atoms with Gasteiger partial charge in [0.25, 0.3) is 0 Å². The van der Waals surface area contributed by atoms with Crippen LogP contribution >= 0.6 is 11.3 Å². The first-order valence-corrected chi connectivity index (χ1v) is 4.75. The number of oxime groups is 1. The van der Waals surface area contributed by atoms with Crippen LogP contribution in [0, 0.1) is 0 Å². The second-order valence-corrected chi connectivity index (χ2v) is 3.46. The number of hydrogen-bond acceptors (Lipinski definition) is 5. The molecule has 1 heterocycles. The maximum Gasteiger partial charge on any atom is 0.140 e. The second kappa shape index (κ2) is 5.50. The van der Waals surface area contributed by atoms with Crippen molar-refractivity contribution in [3.63, 3.8) is 0 Å². The third-order valence-electron chi connectivity index (χ3n) is 1.47. The van der Waals surface area contributed by atoms with E-state index >= 15 is 0 Å². The molecule has 4 N–H and O–H groups in total. The zero-order valence-corrected chi connectivity index (χ0v) is 7.92. The number of hydrogen-bond donors (Lipinski definition) is 3. The summed E-state index contributed by atoms with van der Waals surface area (Å²) in [6.45, 7) is 1.48. The maximum absolute atomic E-state index is 8.25. The summed E-state index contributed by atoms with van der Waals surface area (Å²) in [5.41, 5.74) is 7.07. The molecule has 0 saturated carbocycles. The molecule has 0 spiro atoms. The van der Waals surface area contributed by atoms with Crippen molar-refractivity contribution < 1.29 is 5.21 Å². The van der Waals surface area contributed by atoms with Crippen LogP contribution in [-0.2, 0) is 6.54 Å². The van der Waals surface area contributed by atoms with E-state index in [4.69, 9.17) is 10.9 Å². The molecule has 0 fully saturated rings. The van der Waals surface area contributed by atoms with E-state index in [1.165, 1.54) is 4.88 Å². The molecule has 0 atom stereocenters. The third kappa shape index (κ3) is 3.86. The number of rotatable bonds is 5. The molecule has 0 amide bonds. The first kappa shape index (κ1) is 9.94. The summed E-state index contributed by atoms with van der Waals surface area (Å²) in [6.07, 6.45) is 2.37. The number of thiazole rings is 1. The SMILES string of the molecule is NC(CCNCc1cncs1)=NO. The number of nitrogens with two attached hydrogens (primary N) is 1. The largest absolute Gasteiger partial charge is 0.409 e. The van der Waals surface area contributed by atoms with Crippen molar-refractivity contribution in [2.75, 3.05) is 6.54 Å². The van der Waals surface area contributed by atoms with Gasteiger partial charge in [0.1, 0.15) is 5.84 Å². The minimum absolute atomic E-state index is 0.247. The average Bonchev–Trinajstić information content (AvgIpc) is 2.64. The van der Waals surface area contributed by atoms with Gasteiger partial charge in [-0.2, -0.15) is 0 Å². The van der Waals surface area contributed by atoms with E-state index in [0.717, 1.165) is 6.54 Å². The highest BCUT2D eigenvalue weighted by Crippen LogP contribution is 2.03. The number of aromatic nitrogens is 1. The fourth-order valence-electron chi connectivity index (χ4n) is 0.807. The molecular weight excluding hydrogens is 188 g/mol. The highest BCUT2D eigenvalue weighted by atomic mass is 32.1. The Labute approximate surface area is 80.3 Å². The fourth-order valence-corrected chi connectivity index (χ4v) is 1.37. The van der Waals surface area contributed by atoms with Crippen LogP contribution in [-0.4, -0.2) is 22.6 Å². The number of amidine groups is 1. The molecule has 0 aromatic carbocycles. The van der Waals surface area contributed by atoms with E-state index < -0.39 is 0 Å². The Hall–Kier alpha value is -1.14. The molecule has 0 unspecified atom stereocenters. The molecule has 5 nitrogen and oxygen atoms in total. The van der Waals surface area contributed by atoms with Crippen LogP contribution in [0.2, 0.25) is 0 Å². The summed E-state index contributed by atoms with van der Waals surface area (Å²) in [5, 5.41) is 14.3. The maximum atomic E-state index is 8.25. The summed E-state index contributed by atoms with van der Waals surface area (Å²) in [7, 11) is 0. The highest BCUT2D eigenvalue weighted by Gasteiger charge is 1.95. The molecule has 0 bridgehead atoms. The van der Waals surface area contributed by atoms with Crippen molar-refractivity contribution in [2.45, 2.75) is 13.0 Å². The lowest BCUT2D eigenvalue weighted by atomic mass is 10.4. The molecule has 1 aromatic rings. The fraction of sp³-hybridized carbons (Fsp3) is 0.429. The van der Waals surface area contributed by atoms with Gasteiger partial charge in [-0.05, 0) is 0 Å². The minimum Gasteiger partial charge on any atom is -0.409 e. The second-order valence-electron chi connectivity index (χ2n) is 2.49. The Kier molecular flexibility index (Phi) is 4.20. The van der Waals surface area contributed by atoms with Crippen molar-refractivity contribution in [1.82, 2.24) is 10.3 Å². The predicted octanol–water partition coefficient (Wildman–Crippen LogP) is 0.369. The Morgan fingerprint density at radius 2 is 2.62 bits per heavy atom. The average molecular weight is 200 g/mol. The van der Waals surface area contributed by atoms with Gasteiger partial charge in [-0.25, -0.2) is 0 Å². The van der Waals surface area contributed by atoms with Crippen molar-refractivity contribution in [3.8, 4) is 0 Å². The molecule has 0 saturated heterocycles. The van der Waals surface area contributed by atoms with Crippen LogP contribution in [0.25, 0.3) is 0 Å². The summed E-state index contributed by atoms with van der Waals surface area (Å²) in [4.78, 5) is 5.12.